The Kier molecular flexibility index (Phi) is 10.4. The average molecular weight is 502 g/mol. The summed E-state index contributed by atoms with van der Waals surface area (Å²) < 4.78 is 26.2. The molecule has 0 aliphatic carbocycles. The minimum absolute atomic E-state index is 0.214. The highest BCUT2D eigenvalue weighted by molar-refractivity contribution is 7.92. The van der Waals surface area contributed by atoms with Crippen molar-refractivity contribution >= 4 is 33.3 Å². The Morgan fingerprint density at radius 1 is 1.03 bits per heavy atom. The maximum atomic E-state index is 13.5. The summed E-state index contributed by atoms with van der Waals surface area (Å²) in [6, 6.07) is 14.9. The fraction of sp³-hybridized carbons (Fsp3) is 0.423. The molecule has 0 saturated carbocycles. The maximum Gasteiger partial charge on any atom is 0.244 e. The third-order valence-electron chi connectivity index (χ3n) is 5.70. The largest absolute Gasteiger partial charge is 0.354 e. The first-order chi connectivity index (χ1) is 16.5. The zero-order chi connectivity index (χ0) is 26.0. The summed E-state index contributed by atoms with van der Waals surface area (Å²) in [5.41, 5.74) is 1.56. The molecule has 2 aromatic carbocycles. The number of nitrogens with one attached hydrogen (secondary N) is 1. The molecule has 2 amide bonds. The van der Waals surface area contributed by atoms with Gasteiger partial charge in [-0.15, -0.1) is 0 Å². The van der Waals surface area contributed by atoms with Gasteiger partial charge in [0.2, 0.25) is 21.8 Å². The molecule has 35 heavy (non-hydrogen) atoms. The van der Waals surface area contributed by atoms with Crippen molar-refractivity contribution in [3.8, 4) is 0 Å². The molecule has 190 valence electrons. The van der Waals surface area contributed by atoms with Gasteiger partial charge in [-0.3, -0.25) is 18.7 Å². The second-order valence-electron chi connectivity index (χ2n) is 8.52. The quantitative estimate of drug-likeness (QED) is 0.336. The van der Waals surface area contributed by atoms with E-state index in [9.17, 15) is 22.8 Å². The molecule has 0 heterocycles. The number of ketones is 1. The molecule has 0 fully saturated rings. The van der Waals surface area contributed by atoms with Crippen LogP contribution in [0.5, 0.6) is 0 Å². The van der Waals surface area contributed by atoms with Crippen molar-refractivity contribution in [3.63, 3.8) is 0 Å². The van der Waals surface area contributed by atoms with E-state index >= 15 is 0 Å². The Morgan fingerprint density at radius 2 is 1.71 bits per heavy atom. The van der Waals surface area contributed by atoms with Crippen LogP contribution in [0, 0.1) is 0 Å². The van der Waals surface area contributed by atoms with Crippen LogP contribution in [0.4, 0.5) is 5.69 Å². The van der Waals surface area contributed by atoms with Crippen molar-refractivity contribution in [2.45, 2.75) is 46.1 Å². The number of rotatable bonds is 13. The van der Waals surface area contributed by atoms with Gasteiger partial charge in [0.1, 0.15) is 12.6 Å². The van der Waals surface area contributed by atoms with E-state index in [1.807, 2.05) is 37.3 Å². The number of unbranched alkanes of at least 4 members (excludes halogenated alkanes) is 1. The highest BCUT2D eigenvalue weighted by Crippen LogP contribution is 2.20. The molecule has 0 aliphatic heterocycles. The first kappa shape index (κ1) is 28.0. The first-order valence-corrected chi connectivity index (χ1v) is 13.6. The van der Waals surface area contributed by atoms with Gasteiger partial charge in [0.05, 0.1) is 11.9 Å². The van der Waals surface area contributed by atoms with E-state index in [0.717, 1.165) is 29.0 Å². The number of carbonyl (C=O) groups is 3. The minimum atomic E-state index is -3.85. The Labute approximate surface area is 208 Å². The summed E-state index contributed by atoms with van der Waals surface area (Å²) in [5.74, 6) is -1.00. The highest BCUT2D eigenvalue weighted by Gasteiger charge is 2.29. The Hall–Kier alpha value is -3.20. The van der Waals surface area contributed by atoms with Crippen LogP contribution in [0.1, 0.15) is 49.5 Å². The fourth-order valence-electron chi connectivity index (χ4n) is 3.60. The molecule has 1 atom stereocenters. The lowest BCUT2D eigenvalue weighted by Gasteiger charge is -2.31. The predicted molar refractivity (Wildman–Crippen MR) is 138 cm³/mol. The van der Waals surface area contributed by atoms with Crippen LogP contribution < -0.4 is 9.62 Å². The topological polar surface area (TPSA) is 104 Å². The van der Waals surface area contributed by atoms with Crippen LogP contribution in [0.2, 0.25) is 0 Å². The standard InChI is InChI=1S/C26H35N3O5S/c1-5-6-16-27-26(32)20(2)28(17-15-22-11-8-7-9-12-22)25(31)19-29(35(4,33)34)24-14-10-13-23(18-24)21(3)30/h7-14,18,20H,5-6,15-17,19H2,1-4H3,(H,27,32)/t20-/m1/s1. The van der Waals surface area contributed by atoms with E-state index in [0.29, 0.717) is 18.5 Å². The number of benzene rings is 2. The lowest BCUT2D eigenvalue weighted by atomic mass is 10.1. The van der Waals surface area contributed by atoms with Gasteiger partial charge in [0.25, 0.3) is 0 Å². The van der Waals surface area contributed by atoms with Gasteiger partial charge in [-0.05, 0) is 44.4 Å². The summed E-state index contributed by atoms with van der Waals surface area (Å²) in [6.45, 7) is 5.32. The van der Waals surface area contributed by atoms with Crippen molar-refractivity contribution in [1.29, 1.82) is 0 Å². The molecule has 1 N–H and O–H groups in total. The Morgan fingerprint density at radius 3 is 2.31 bits per heavy atom. The van der Waals surface area contributed by atoms with Gasteiger partial charge in [-0.2, -0.15) is 0 Å². The van der Waals surface area contributed by atoms with Crippen LogP contribution in [-0.4, -0.2) is 62.8 Å². The van der Waals surface area contributed by atoms with Crippen molar-refractivity contribution in [2.75, 3.05) is 30.2 Å². The third-order valence-corrected chi connectivity index (χ3v) is 6.84. The zero-order valence-corrected chi connectivity index (χ0v) is 21.7. The lowest BCUT2D eigenvalue weighted by Crippen LogP contribution is -2.52. The average Bonchev–Trinajstić information content (AvgIpc) is 2.82. The van der Waals surface area contributed by atoms with Crippen molar-refractivity contribution in [1.82, 2.24) is 10.2 Å². The molecule has 0 bridgehead atoms. The molecule has 2 aromatic rings. The van der Waals surface area contributed by atoms with E-state index in [-0.39, 0.29) is 23.9 Å². The van der Waals surface area contributed by atoms with Crippen LogP contribution in [0.15, 0.2) is 54.6 Å². The summed E-state index contributed by atoms with van der Waals surface area (Å²) >= 11 is 0. The molecule has 0 unspecified atom stereocenters. The van der Waals surface area contributed by atoms with E-state index in [4.69, 9.17) is 0 Å². The molecule has 0 aromatic heterocycles. The van der Waals surface area contributed by atoms with Gasteiger partial charge in [0, 0.05) is 18.7 Å². The van der Waals surface area contributed by atoms with Crippen LogP contribution in [-0.2, 0) is 26.0 Å². The molecule has 2 rings (SSSR count). The molecule has 0 aliphatic rings. The van der Waals surface area contributed by atoms with Crippen molar-refractivity contribution in [2.24, 2.45) is 0 Å². The number of hydrogen-bond donors (Lipinski definition) is 1. The SMILES string of the molecule is CCCCNC(=O)[C@@H](C)N(CCc1ccccc1)C(=O)CN(c1cccc(C(C)=O)c1)S(C)(=O)=O. The number of carbonyl (C=O) groups excluding carboxylic acids is 3. The van der Waals surface area contributed by atoms with Gasteiger partial charge in [-0.25, -0.2) is 8.42 Å². The van der Waals surface area contributed by atoms with Gasteiger partial charge < -0.3 is 10.2 Å². The van der Waals surface area contributed by atoms with Gasteiger partial charge in [-0.1, -0.05) is 55.8 Å². The summed E-state index contributed by atoms with van der Waals surface area (Å²) in [7, 11) is -3.85. The smallest absolute Gasteiger partial charge is 0.244 e. The molecule has 0 radical (unpaired) electrons. The lowest BCUT2D eigenvalue weighted by molar-refractivity contribution is -0.138. The van der Waals surface area contributed by atoms with Crippen LogP contribution >= 0.6 is 0 Å². The van der Waals surface area contributed by atoms with E-state index in [1.165, 1.54) is 24.0 Å². The molecular weight excluding hydrogens is 466 g/mol. The predicted octanol–water partition coefficient (Wildman–Crippen LogP) is 3.03. The number of anilines is 1. The fourth-order valence-corrected chi connectivity index (χ4v) is 4.44. The second kappa shape index (κ2) is 13.0. The van der Waals surface area contributed by atoms with Crippen LogP contribution in [0.3, 0.4) is 0 Å². The van der Waals surface area contributed by atoms with Crippen molar-refractivity contribution < 1.29 is 22.8 Å². The number of nitrogens with zero attached hydrogens (tertiary/aromatic N) is 2. The number of hydrogen-bond acceptors (Lipinski definition) is 5. The molecular formula is C26H35N3O5S. The third kappa shape index (κ3) is 8.51. The highest BCUT2D eigenvalue weighted by atomic mass is 32.2. The van der Waals surface area contributed by atoms with Crippen LogP contribution in [0.25, 0.3) is 0 Å². The first-order valence-electron chi connectivity index (χ1n) is 11.7. The number of Topliss-reactive ketones (excluding diaryl/α,β-unsaturated/α-hetero) is 1. The Balaban J connectivity index is 2.31. The summed E-state index contributed by atoms with van der Waals surface area (Å²) in [4.78, 5) is 39.5. The molecule has 9 heteroatoms. The Bertz CT molecular complexity index is 1120. The normalized spacial score (nSPS) is 12.0. The van der Waals surface area contributed by atoms with E-state index in [2.05, 4.69) is 5.32 Å². The monoisotopic (exact) mass is 501 g/mol. The number of amides is 2. The van der Waals surface area contributed by atoms with E-state index in [1.54, 1.807) is 19.1 Å². The number of sulfonamides is 1. The van der Waals surface area contributed by atoms with Gasteiger partial charge >= 0.3 is 0 Å². The molecule has 0 spiro atoms. The summed E-state index contributed by atoms with van der Waals surface area (Å²) in [5, 5.41) is 2.85. The van der Waals surface area contributed by atoms with Crippen molar-refractivity contribution in [3.05, 3.63) is 65.7 Å². The van der Waals surface area contributed by atoms with E-state index < -0.39 is 28.5 Å². The zero-order valence-electron chi connectivity index (χ0n) is 20.9. The van der Waals surface area contributed by atoms with Gasteiger partial charge in [0.15, 0.2) is 5.78 Å². The minimum Gasteiger partial charge on any atom is -0.354 e. The second-order valence-corrected chi connectivity index (χ2v) is 10.4. The molecule has 0 saturated heterocycles. The molecule has 8 nitrogen and oxygen atoms in total. The maximum absolute atomic E-state index is 13.5. The summed E-state index contributed by atoms with van der Waals surface area (Å²) in [6.07, 6.45) is 3.27.